The minimum absolute atomic E-state index is 0. The Morgan fingerprint density at radius 2 is 1.52 bits per heavy atom. The molecule has 0 aliphatic heterocycles. The first kappa shape index (κ1) is 31.7. The van der Waals surface area contributed by atoms with E-state index in [1.165, 1.54) is 19.3 Å². The van der Waals surface area contributed by atoms with Gasteiger partial charge in [0.1, 0.15) is 6.29 Å². The molecule has 5 saturated carbocycles. The van der Waals surface area contributed by atoms with Crippen LogP contribution in [0.4, 0.5) is 13.2 Å². The van der Waals surface area contributed by atoms with Crippen LogP contribution in [0.3, 0.4) is 0 Å². The number of rotatable bonds is 2. The molecule has 0 aromatic carbocycles. The van der Waals surface area contributed by atoms with Crippen molar-refractivity contribution in [3.05, 3.63) is 13.8 Å². The van der Waals surface area contributed by atoms with E-state index in [1.54, 1.807) is 0 Å². The minimum Gasteiger partial charge on any atom is -1.00 e. The molecule has 5 fully saturated rings. The Hall–Kier alpha value is 0.706. The van der Waals surface area contributed by atoms with Gasteiger partial charge in [-0.25, -0.2) is 12.8 Å². The number of alkyl halides is 3. The molecular weight excluding hydrogens is 501 g/mol. The zero-order valence-corrected chi connectivity index (χ0v) is 24.1. The van der Waals surface area contributed by atoms with Gasteiger partial charge in [0, 0.05) is 5.92 Å². The average Bonchev–Trinajstić information content (AvgIpc) is 3.53. The topological polar surface area (TPSA) is 17.1 Å². The number of aldehydes is 1. The molecule has 6 heteroatoms. The molecule has 0 aromatic rings. The minimum atomic E-state index is -4.02. The third-order valence-electron chi connectivity index (χ3n) is 10.3. The average molecular weight is 545 g/mol. The van der Waals surface area contributed by atoms with Crippen molar-refractivity contribution in [1.82, 2.24) is 0 Å². The summed E-state index contributed by atoms with van der Waals surface area (Å²) in [6.45, 7) is 6.82. The maximum absolute atomic E-state index is 13.3. The molecule has 5 rings (SSSR count). The zero-order valence-electron chi connectivity index (χ0n) is 21.1. The van der Waals surface area contributed by atoms with E-state index in [0.717, 1.165) is 44.8 Å². The number of fused-ring (bicyclic) bond motifs is 5. The number of carbonyl (C=O) groups is 1. The summed E-state index contributed by atoms with van der Waals surface area (Å²) in [5.74, 6) is 1.71. The Morgan fingerprint density at radius 1 is 0.939 bits per heavy atom. The van der Waals surface area contributed by atoms with Crippen molar-refractivity contribution in [3.63, 3.8) is 0 Å². The van der Waals surface area contributed by atoms with E-state index in [-0.39, 0.29) is 70.1 Å². The second kappa shape index (κ2) is 11.8. The Balaban J connectivity index is 0.000000841. The van der Waals surface area contributed by atoms with Crippen molar-refractivity contribution in [3.8, 4) is 0 Å². The summed E-state index contributed by atoms with van der Waals surface area (Å²) in [5.41, 5.74) is 0.355. The van der Waals surface area contributed by atoms with E-state index in [0.29, 0.717) is 36.5 Å². The number of carbonyl (C=O) groups excluding carboxylic acids is 1. The molecule has 0 saturated heterocycles. The van der Waals surface area contributed by atoms with Crippen LogP contribution in [-0.2, 0) is 4.79 Å². The Bertz CT molecular complexity index is 639. The van der Waals surface area contributed by atoms with Crippen LogP contribution in [0, 0.1) is 66.1 Å². The summed E-state index contributed by atoms with van der Waals surface area (Å²) in [5, 5.41) is 0. The van der Waals surface area contributed by atoms with E-state index < -0.39 is 12.1 Å². The van der Waals surface area contributed by atoms with Crippen molar-refractivity contribution in [2.75, 3.05) is 0 Å². The summed E-state index contributed by atoms with van der Waals surface area (Å²) in [6, 6.07) is 0. The molecule has 0 bridgehead atoms. The predicted molar refractivity (Wildman–Crippen MR) is 126 cm³/mol. The fourth-order valence-electron chi connectivity index (χ4n) is 8.55. The monoisotopic (exact) mass is 543 g/mol. The number of hydrogen-bond donors (Lipinski definition) is 0. The largest absolute Gasteiger partial charge is 2.00 e. The van der Waals surface area contributed by atoms with E-state index in [2.05, 4.69) is 27.2 Å². The molecule has 0 heterocycles. The van der Waals surface area contributed by atoms with Gasteiger partial charge < -0.3 is 35.6 Å². The van der Waals surface area contributed by atoms with Crippen LogP contribution in [0.1, 0.15) is 91.4 Å². The van der Waals surface area contributed by atoms with Crippen LogP contribution >= 0.6 is 0 Å². The molecule has 0 spiro atoms. The van der Waals surface area contributed by atoms with Crippen LogP contribution < -0.4 is 17.0 Å². The Morgan fingerprint density at radius 3 is 2.06 bits per heavy atom. The summed E-state index contributed by atoms with van der Waals surface area (Å²) in [6.07, 6.45) is 10.3. The molecule has 5 aliphatic rings. The van der Waals surface area contributed by atoms with Crippen molar-refractivity contribution in [2.45, 2.75) is 97.6 Å². The third-order valence-corrected chi connectivity index (χ3v) is 10.3. The summed E-state index contributed by atoms with van der Waals surface area (Å²) in [4.78, 5) is 11.5. The maximum Gasteiger partial charge on any atom is 2.00 e. The zero-order chi connectivity index (χ0) is 21.7. The Labute approximate surface area is 227 Å². The van der Waals surface area contributed by atoms with Gasteiger partial charge in [-0.3, -0.25) is 0 Å². The molecule has 33 heavy (non-hydrogen) atoms. The fourth-order valence-corrected chi connectivity index (χ4v) is 8.55. The number of halogens is 4. The maximum atomic E-state index is 13.3. The van der Waals surface area contributed by atoms with Gasteiger partial charge in [0.2, 0.25) is 0 Å². The van der Waals surface area contributed by atoms with E-state index in [9.17, 15) is 18.0 Å². The van der Waals surface area contributed by atoms with E-state index >= 15 is 0 Å². The molecule has 0 amide bonds. The number of hydrogen-bond acceptors (Lipinski definition) is 1. The molecule has 7 unspecified atom stereocenters. The molecule has 5 aliphatic carbocycles. The first-order chi connectivity index (χ1) is 14.1. The first-order valence-corrected chi connectivity index (χ1v) is 12.4. The third kappa shape index (κ3) is 6.00. The molecule has 0 N–H and O–H groups in total. The second-order valence-corrected chi connectivity index (χ2v) is 11.8. The Kier molecular flexibility index (Phi) is 11.4. The predicted octanol–water partition coefficient (Wildman–Crippen LogP) is 4.72. The van der Waals surface area contributed by atoms with Gasteiger partial charge in [0.05, 0.1) is 5.92 Å². The van der Waals surface area contributed by atoms with E-state index in [4.69, 9.17) is 0 Å². The van der Waals surface area contributed by atoms with Gasteiger partial charge in [0.15, 0.2) is 0 Å². The summed E-state index contributed by atoms with van der Waals surface area (Å²) in [7, 11) is 0. The van der Waals surface area contributed by atoms with Crippen LogP contribution in [0.2, 0.25) is 0 Å². The van der Waals surface area contributed by atoms with Gasteiger partial charge in [0.25, 0.3) is 0 Å². The molecule has 188 valence electrons. The molecule has 9 atom stereocenters. The van der Waals surface area contributed by atoms with Gasteiger partial charge in [-0.2, -0.15) is 13.2 Å². The SMILES string of the molecule is C[C@H](C=O)C1CCC2C3CCC4CC(C(F)(F)F)CC[C@]4(C)C3CCC21C.[Br-].[CH-]1CC1.[CH3-].[Mg+2]. The second-order valence-electron chi connectivity index (χ2n) is 11.8. The van der Waals surface area contributed by atoms with Crippen molar-refractivity contribution < 1.29 is 34.9 Å². The van der Waals surface area contributed by atoms with Gasteiger partial charge in [-0.05, 0) is 98.2 Å². The normalized spacial score (nSPS) is 43.9. The molecular formula is C27H43BrF3MgO-. The van der Waals surface area contributed by atoms with Gasteiger partial charge >= 0.3 is 29.2 Å². The standard InChI is InChI=1S/C23H35F3O.C3H5.CH3.BrH.Mg/c1-14(13-27)18-6-7-19-17-5-4-15-12-16(23(24,25)26)8-10-21(15,2)20(17)9-11-22(18,19)3;1-2-3-1;;;/h13-20H,4-12H2,1-3H3;1H,2-3H2;1H3;1H;/q;2*-1;;+2/p-1/t14-,15?,16?,17?,18?,19?,20?,21+,22?;;;;/m1..../s1. The van der Waals surface area contributed by atoms with Crippen LogP contribution in [0.25, 0.3) is 0 Å². The van der Waals surface area contributed by atoms with Gasteiger partial charge in [-0.1, -0.05) is 20.8 Å². The molecule has 0 radical (unpaired) electrons. The van der Waals surface area contributed by atoms with Crippen LogP contribution in [-0.4, -0.2) is 35.5 Å². The van der Waals surface area contributed by atoms with Gasteiger partial charge in [-0.15, -0.1) is 0 Å². The van der Waals surface area contributed by atoms with Crippen LogP contribution in [0.5, 0.6) is 0 Å². The molecule has 1 nitrogen and oxygen atoms in total. The smallest absolute Gasteiger partial charge is 1.00 e. The van der Waals surface area contributed by atoms with Crippen molar-refractivity contribution in [2.24, 2.45) is 52.3 Å². The van der Waals surface area contributed by atoms with Crippen LogP contribution in [0.15, 0.2) is 0 Å². The van der Waals surface area contributed by atoms with Crippen molar-refractivity contribution in [1.29, 1.82) is 0 Å². The summed E-state index contributed by atoms with van der Waals surface area (Å²) < 4.78 is 39.9. The summed E-state index contributed by atoms with van der Waals surface area (Å²) >= 11 is 0. The van der Waals surface area contributed by atoms with E-state index in [1.807, 2.05) is 0 Å². The fraction of sp³-hybridized carbons (Fsp3) is 0.889. The molecule has 0 aromatic heterocycles. The quantitative estimate of drug-likeness (QED) is 0.279. The first-order valence-electron chi connectivity index (χ1n) is 12.4. The van der Waals surface area contributed by atoms with Crippen molar-refractivity contribution >= 4 is 29.3 Å².